The molecule has 0 aliphatic carbocycles. The van der Waals surface area contributed by atoms with Crippen molar-refractivity contribution in [1.29, 1.82) is 0 Å². The molecule has 2 N–H and O–H groups in total. The molecule has 0 spiro atoms. The number of hydrogen-bond donors (Lipinski definition) is 1. The van der Waals surface area contributed by atoms with E-state index in [1.807, 2.05) is 0 Å². The van der Waals surface area contributed by atoms with Gasteiger partial charge in [0.15, 0.2) is 5.82 Å². The van der Waals surface area contributed by atoms with Gasteiger partial charge in [0.1, 0.15) is 0 Å². The summed E-state index contributed by atoms with van der Waals surface area (Å²) in [6.45, 7) is 2.55. The zero-order valence-corrected chi connectivity index (χ0v) is 9.43. The number of hydrogen-bond acceptors (Lipinski definition) is 1. The average Bonchev–Trinajstić information content (AvgIpc) is 2.18. The van der Waals surface area contributed by atoms with Crippen LogP contribution >= 0.6 is 11.6 Å². The van der Waals surface area contributed by atoms with Gasteiger partial charge in [-0.3, -0.25) is 0 Å². The van der Waals surface area contributed by atoms with Crippen molar-refractivity contribution in [1.82, 2.24) is 0 Å². The normalized spacial score (nSPS) is 11.9. The minimum Gasteiger partial charge on any atom is -0.395 e. The van der Waals surface area contributed by atoms with E-state index in [1.165, 1.54) is 6.92 Å². The van der Waals surface area contributed by atoms with Crippen molar-refractivity contribution in [3.8, 4) is 0 Å². The Morgan fingerprint density at radius 3 is 2.19 bits per heavy atom. The molecular formula is C10H10ClF4N. The summed E-state index contributed by atoms with van der Waals surface area (Å²) in [5.74, 6) is -1.10. The maximum Gasteiger partial charge on any atom is 0.417 e. The van der Waals surface area contributed by atoms with Crippen LogP contribution in [-0.2, 0) is 12.6 Å². The van der Waals surface area contributed by atoms with Crippen molar-refractivity contribution in [2.45, 2.75) is 26.4 Å². The third-order valence-electron chi connectivity index (χ3n) is 2.38. The van der Waals surface area contributed by atoms with Gasteiger partial charge in [0.2, 0.25) is 0 Å². The first-order chi connectivity index (χ1) is 7.21. The minimum absolute atomic E-state index is 0.0407. The van der Waals surface area contributed by atoms with Gasteiger partial charge in [-0.25, -0.2) is 4.39 Å². The smallest absolute Gasteiger partial charge is 0.395 e. The van der Waals surface area contributed by atoms with E-state index in [1.54, 1.807) is 0 Å². The quantitative estimate of drug-likeness (QED) is 0.597. The molecule has 6 heteroatoms. The molecule has 0 unspecified atom stereocenters. The summed E-state index contributed by atoms with van der Waals surface area (Å²) >= 11 is 5.62. The first-order valence-corrected chi connectivity index (χ1v) is 4.92. The van der Waals surface area contributed by atoms with Crippen LogP contribution in [0.2, 0.25) is 5.02 Å². The maximum atomic E-state index is 13.4. The number of nitrogen functional groups attached to an aromatic ring is 1. The van der Waals surface area contributed by atoms with Crippen molar-refractivity contribution in [3.63, 3.8) is 0 Å². The molecule has 90 valence electrons. The van der Waals surface area contributed by atoms with Crippen molar-refractivity contribution < 1.29 is 17.6 Å². The molecule has 1 aromatic carbocycles. The lowest BCUT2D eigenvalue weighted by molar-refractivity contribution is -0.138. The van der Waals surface area contributed by atoms with Crippen molar-refractivity contribution in [2.24, 2.45) is 0 Å². The second-order valence-corrected chi connectivity index (χ2v) is 3.75. The van der Waals surface area contributed by atoms with Crippen LogP contribution in [0.1, 0.15) is 23.6 Å². The monoisotopic (exact) mass is 255 g/mol. The lowest BCUT2D eigenvalue weighted by Gasteiger charge is -2.18. The molecule has 0 amide bonds. The second-order valence-electron chi connectivity index (χ2n) is 3.37. The van der Waals surface area contributed by atoms with Crippen LogP contribution in [-0.4, -0.2) is 0 Å². The summed E-state index contributed by atoms with van der Waals surface area (Å²) in [4.78, 5) is 0. The molecule has 0 saturated heterocycles. The van der Waals surface area contributed by atoms with Gasteiger partial charge in [0.05, 0.1) is 16.3 Å². The molecule has 0 aliphatic heterocycles. The van der Waals surface area contributed by atoms with Crippen LogP contribution in [0.25, 0.3) is 0 Å². The van der Waals surface area contributed by atoms with Crippen LogP contribution < -0.4 is 5.73 Å². The Bertz CT molecular complexity index is 426. The first-order valence-electron chi connectivity index (χ1n) is 4.54. The number of alkyl halides is 3. The van der Waals surface area contributed by atoms with E-state index in [4.69, 9.17) is 17.3 Å². The largest absolute Gasteiger partial charge is 0.417 e. The summed E-state index contributed by atoms with van der Waals surface area (Å²) < 4.78 is 51.6. The minimum atomic E-state index is -4.63. The number of nitrogens with two attached hydrogens (primary N) is 1. The standard InChI is InChI=1S/C10H10ClF4N/c1-3-5-6(10(13,14)15)4(2)8(12)9(16)7(5)11/h3,16H2,1-2H3. The second kappa shape index (κ2) is 4.13. The van der Waals surface area contributed by atoms with E-state index in [9.17, 15) is 17.6 Å². The van der Waals surface area contributed by atoms with Gasteiger partial charge >= 0.3 is 6.18 Å². The first kappa shape index (κ1) is 13.1. The predicted molar refractivity (Wildman–Crippen MR) is 54.9 cm³/mol. The molecule has 0 heterocycles. The maximum absolute atomic E-state index is 13.4. The molecular weight excluding hydrogens is 246 g/mol. The van der Waals surface area contributed by atoms with Crippen molar-refractivity contribution in [2.75, 3.05) is 5.73 Å². The molecule has 1 rings (SSSR count). The Balaban J connectivity index is 3.72. The molecule has 0 aliphatic rings. The summed E-state index contributed by atoms with van der Waals surface area (Å²) in [7, 11) is 0. The molecule has 0 bridgehead atoms. The van der Waals surface area contributed by atoms with Crippen LogP contribution in [0.15, 0.2) is 0 Å². The Morgan fingerprint density at radius 1 is 1.31 bits per heavy atom. The van der Waals surface area contributed by atoms with E-state index >= 15 is 0 Å². The van der Waals surface area contributed by atoms with Gasteiger partial charge in [-0.1, -0.05) is 18.5 Å². The summed E-state index contributed by atoms with van der Waals surface area (Å²) in [6.07, 6.45) is -4.59. The van der Waals surface area contributed by atoms with Gasteiger partial charge in [-0.2, -0.15) is 13.2 Å². The highest BCUT2D eigenvalue weighted by Gasteiger charge is 2.37. The fourth-order valence-corrected chi connectivity index (χ4v) is 1.93. The summed E-state index contributed by atoms with van der Waals surface area (Å²) in [6, 6.07) is 0. The van der Waals surface area contributed by atoms with E-state index in [2.05, 4.69) is 0 Å². The van der Waals surface area contributed by atoms with Crippen LogP contribution in [0.4, 0.5) is 23.2 Å². The summed E-state index contributed by atoms with van der Waals surface area (Å²) in [5.41, 5.74) is 3.18. The molecule has 0 atom stereocenters. The number of anilines is 1. The highest BCUT2D eigenvalue weighted by molar-refractivity contribution is 6.34. The molecule has 16 heavy (non-hydrogen) atoms. The molecule has 1 nitrogen and oxygen atoms in total. The van der Waals surface area contributed by atoms with E-state index in [0.29, 0.717) is 0 Å². The number of rotatable bonds is 1. The lowest BCUT2D eigenvalue weighted by Crippen LogP contribution is -2.15. The van der Waals surface area contributed by atoms with Crippen LogP contribution in [0, 0.1) is 12.7 Å². The Morgan fingerprint density at radius 2 is 1.81 bits per heavy atom. The van der Waals surface area contributed by atoms with E-state index in [0.717, 1.165) is 6.92 Å². The van der Waals surface area contributed by atoms with Gasteiger partial charge < -0.3 is 5.73 Å². The number of halogens is 5. The SMILES string of the molecule is CCc1c(Cl)c(N)c(F)c(C)c1C(F)(F)F. The topological polar surface area (TPSA) is 26.0 Å². The lowest BCUT2D eigenvalue weighted by atomic mass is 9.97. The fourth-order valence-electron chi connectivity index (χ4n) is 1.62. The van der Waals surface area contributed by atoms with Crippen LogP contribution in [0.3, 0.4) is 0 Å². The summed E-state index contributed by atoms with van der Waals surface area (Å²) in [5, 5.41) is -0.349. The fraction of sp³-hybridized carbons (Fsp3) is 0.400. The zero-order chi connectivity index (χ0) is 12.7. The van der Waals surface area contributed by atoms with E-state index in [-0.39, 0.29) is 17.0 Å². The van der Waals surface area contributed by atoms with Gasteiger partial charge in [0.25, 0.3) is 0 Å². The van der Waals surface area contributed by atoms with Crippen molar-refractivity contribution >= 4 is 17.3 Å². The van der Waals surface area contributed by atoms with Crippen molar-refractivity contribution in [3.05, 3.63) is 27.5 Å². The average molecular weight is 256 g/mol. The van der Waals surface area contributed by atoms with E-state index < -0.39 is 28.8 Å². The predicted octanol–water partition coefficient (Wildman–Crippen LogP) is 3.95. The molecule has 0 saturated carbocycles. The zero-order valence-electron chi connectivity index (χ0n) is 8.67. The Hall–Kier alpha value is -0.970. The third kappa shape index (κ3) is 1.96. The highest BCUT2D eigenvalue weighted by atomic mass is 35.5. The van der Waals surface area contributed by atoms with Gasteiger partial charge in [-0.15, -0.1) is 0 Å². The molecule has 0 radical (unpaired) electrons. The molecule has 0 fully saturated rings. The Kier molecular flexibility index (Phi) is 3.38. The Labute approximate surface area is 95.2 Å². The molecule has 1 aromatic rings. The van der Waals surface area contributed by atoms with Gasteiger partial charge in [-0.05, 0) is 24.5 Å². The van der Waals surface area contributed by atoms with Gasteiger partial charge in [0, 0.05) is 0 Å². The highest BCUT2D eigenvalue weighted by Crippen LogP contribution is 2.41. The third-order valence-corrected chi connectivity index (χ3v) is 2.81. The van der Waals surface area contributed by atoms with Crippen LogP contribution in [0.5, 0.6) is 0 Å². The molecule has 0 aromatic heterocycles. The number of benzene rings is 1.